The summed E-state index contributed by atoms with van der Waals surface area (Å²) in [6.07, 6.45) is 6.72. The molecule has 0 aliphatic carbocycles. The standard InChI is InChI=1S/C19H40O4/c1-15(2)7-5-8-16(3)9-6-10-17(4)11-12-23-14-19(22)18(21)13-20/h15-22H,5-14H2,1-4H3/t16?,17?,18-,19?/m0/s1. The average molecular weight is 333 g/mol. The van der Waals surface area contributed by atoms with Crippen LogP contribution in [0.3, 0.4) is 0 Å². The van der Waals surface area contributed by atoms with Crippen molar-refractivity contribution in [2.24, 2.45) is 17.8 Å². The molecule has 0 aromatic carbocycles. The van der Waals surface area contributed by atoms with Gasteiger partial charge in [-0.3, -0.25) is 0 Å². The Hall–Kier alpha value is -0.160. The Balaban J connectivity index is 3.51. The molecule has 0 amide bonds. The fourth-order valence-corrected chi connectivity index (χ4v) is 2.70. The van der Waals surface area contributed by atoms with Gasteiger partial charge in [-0.15, -0.1) is 0 Å². The summed E-state index contributed by atoms with van der Waals surface area (Å²) in [5.74, 6) is 2.27. The topological polar surface area (TPSA) is 69.9 Å². The second-order valence-corrected chi connectivity index (χ2v) is 7.65. The number of hydrogen-bond donors (Lipinski definition) is 3. The first-order valence-electron chi connectivity index (χ1n) is 9.41. The van der Waals surface area contributed by atoms with Crippen LogP contribution in [0.2, 0.25) is 0 Å². The second-order valence-electron chi connectivity index (χ2n) is 7.65. The Morgan fingerprint density at radius 1 is 0.739 bits per heavy atom. The first kappa shape index (κ1) is 22.8. The van der Waals surface area contributed by atoms with E-state index < -0.39 is 18.8 Å². The van der Waals surface area contributed by atoms with Crippen molar-refractivity contribution in [3.05, 3.63) is 0 Å². The Labute approximate surface area is 143 Å². The third kappa shape index (κ3) is 13.9. The van der Waals surface area contributed by atoms with Crippen LogP contribution in [0.4, 0.5) is 0 Å². The normalized spacial score (nSPS) is 17.2. The Morgan fingerprint density at radius 3 is 1.78 bits per heavy atom. The molecule has 0 aliphatic rings. The van der Waals surface area contributed by atoms with E-state index in [0.717, 1.165) is 18.3 Å². The van der Waals surface area contributed by atoms with Crippen molar-refractivity contribution < 1.29 is 20.1 Å². The van der Waals surface area contributed by atoms with Gasteiger partial charge in [-0.25, -0.2) is 0 Å². The number of rotatable bonds is 15. The minimum absolute atomic E-state index is 0.0847. The van der Waals surface area contributed by atoms with Gasteiger partial charge < -0.3 is 20.1 Å². The number of hydrogen-bond acceptors (Lipinski definition) is 4. The molecule has 4 nitrogen and oxygen atoms in total. The molecule has 3 N–H and O–H groups in total. The fraction of sp³-hybridized carbons (Fsp3) is 1.00. The highest BCUT2D eigenvalue weighted by Crippen LogP contribution is 2.20. The first-order valence-corrected chi connectivity index (χ1v) is 9.41. The zero-order valence-corrected chi connectivity index (χ0v) is 15.7. The number of aliphatic hydroxyl groups excluding tert-OH is 3. The molecule has 0 heterocycles. The van der Waals surface area contributed by atoms with Gasteiger partial charge >= 0.3 is 0 Å². The molecule has 0 bridgehead atoms. The van der Waals surface area contributed by atoms with Crippen molar-refractivity contribution in [2.75, 3.05) is 19.8 Å². The summed E-state index contributed by atoms with van der Waals surface area (Å²) in [6.45, 7) is 9.43. The van der Waals surface area contributed by atoms with Gasteiger partial charge in [-0.2, -0.15) is 0 Å². The zero-order chi connectivity index (χ0) is 17.7. The van der Waals surface area contributed by atoms with Gasteiger partial charge in [0, 0.05) is 6.61 Å². The van der Waals surface area contributed by atoms with Crippen LogP contribution in [0.5, 0.6) is 0 Å². The minimum Gasteiger partial charge on any atom is -0.394 e. The molecule has 0 aromatic heterocycles. The van der Waals surface area contributed by atoms with Crippen LogP contribution >= 0.6 is 0 Å². The second kappa shape index (κ2) is 14.2. The van der Waals surface area contributed by atoms with E-state index in [0.29, 0.717) is 12.5 Å². The highest BCUT2D eigenvalue weighted by molar-refractivity contribution is 4.65. The van der Waals surface area contributed by atoms with Crippen LogP contribution in [0.25, 0.3) is 0 Å². The predicted molar refractivity (Wildman–Crippen MR) is 95.4 cm³/mol. The van der Waals surface area contributed by atoms with E-state index in [1.165, 1.54) is 38.5 Å². The van der Waals surface area contributed by atoms with E-state index in [2.05, 4.69) is 27.7 Å². The van der Waals surface area contributed by atoms with Gasteiger partial charge in [-0.05, 0) is 24.2 Å². The molecule has 0 saturated carbocycles. The summed E-state index contributed by atoms with van der Waals surface area (Å²) in [4.78, 5) is 0. The summed E-state index contributed by atoms with van der Waals surface area (Å²) in [6, 6.07) is 0. The van der Waals surface area contributed by atoms with Gasteiger partial charge in [0.1, 0.15) is 12.2 Å². The molecule has 23 heavy (non-hydrogen) atoms. The van der Waals surface area contributed by atoms with Crippen molar-refractivity contribution in [1.82, 2.24) is 0 Å². The molecule has 140 valence electrons. The summed E-state index contributed by atoms with van der Waals surface area (Å²) < 4.78 is 5.37. The summed E-state index contributed by atoms with van der Waals surface area (Å²) in [5, 5.41) is 27.4. The maximum atomic E-state index is 9.46. The molecular weight excluding hydrogens is 292 g/mol. The molecule has 0 saturated heterocycles. The molecule has 3 unspecified atom stereocenters. The third-order valence-electron chi connectivity index (χ3n) is 4.55. The summed E-state index contributed by atoms with van der Waals surface area (Å²) >= 11 is 0. The average Bonchev–Trinajstić information content (AvgIpc) is 2.50. The van der Waals surface area contributed by atoms with Crippen molar-refractivity contribution >= 4 is 0 Å². The third-order valence-corrected chi connectivity index (χ3v) is 4.55. The maximum absolute atomic E-state index is 9.46. The van der Waals surface area contributed by atoms with Crippen LogP contribution in [0, 0.1) is 17.8 Å². The molecule has 0 spiro atoms. The van der Waals surface area contributed by atoms with Gasteiger partial charge in [0.05, 0.1) is 13.2 Å². The smallest absolute Gasteiger partial charge is 0.105 e. The van der Waals surface area contributed by atoms with Crippen LogP contribution in [0.15, 0.2) is 0 Å². The van der Waals surface area contributed by atoms with E-state index in [1.807, 2.05) is 0 Å². The van der Waals surface area contributed by atoms with Gasteiger partial charge in [0.25, 0.3) is 0 Å². The van der Waals surface area contributed by atoms with E-state index in [1.54, 1.807) is 0 Å². The highest BCUT2D eigenvalue weighted by atomic mass is 16.5. The molecule has 4 heteroatoms. The number of aliphatic hydroxyl groups is 3. The number of ether oxygens (including phenoxy) is 1. The van der Waals surface area contributed by atoms with Crippen LogP contribution < -0.4 is 0 Å². The molecular formula is C19H40O4. The van der Waals surface area contributed by atoms with E-state index in [4.69, 9.17) is 9.84 Å². The van der Waals surface area contributed by atoms with Crippen molar-refractivity contribution in [1.29, 1.82) is 0 Å². The van der Waals surface area contributed by atoms with Crippen molar-refractivity contribution in [2.45, 2.75) is 84.8 Å². The molecule has 0 radical (unpaired) electrons. The lowest BCUT2D eigenvalue weighted by Crippen LogP contribution is -2.33. The SMILES string of the molecule is CC(C)CCCC(C)CCCC(C)CCOCC(O)[C@@H](O)CO. The van der Waals surface area contributed by atoms with Gasteiger partial charge in [0.2, 0.25) is 0 Å². The minimum atomic E-state index is -1.11. The predicted octanol–water partition coefficient (Wildman–Crippen LogP) is 3.38. The van der Waals surface area contributed by atoms with E-state index in [-0.39, 0.29) is 6.61 Å². The quantitative estimate of drug-likeness (QED) is 0.402. The van der Waals surface area contributed by atoms with Crippen molar-refractivity contribution in [3.8, 4) is 0 Å². The molecule has 0 rings (SSSR count). The van der Waals surface area contributed by atoms with E-state index >= 15 is 0 Å². The van der Waals surface area contributed by atoms with Crippen LogP contribution in [-0.4, -0.2) is 47.3 Å². The zero-order valence-electron chi connectivity index (χ0n) is 15.7. The van der Waals surface area contributed by atoms with Crippen molar-refractivity contribution in [3.63, 3.8) is 0 Å². The molecule has 0 aromatic rings. The monoisotopic (exact) mass is 332 g/mol. The highest BCUT2D eigenvalue weighted by Gasteiger charge is 2.15. The largest absolute Gasteiger partial charge is 0.394 e. The fourth-order valence-electron chi connectivity index (χ4n) is 2.70. The molecule has 4 atom stereocenters. The lowest BCUT2D eigenvalue weighted by Gasteiger charge is -2.17. The molecule has 0 aliphatic heterocycles. The lowest BCUT2D eigenvalue weighted by atomic mass is 9.93. The van der Waals surface area contributed by atoms with E-state index in [9.17, 15) is 10.2 Å². The van der Waals surface area contributed by atoms with Crippen LogP contribution in [-0.2, 0) is 4.74 Å². The Kier molecular flexibility index (Phi) is 14.1. The Morgan fingerprint density at radius 2 is 1.26 bits per heavy atom. The lowest BCUT2D eigenvalue weighted by molar-refractivity contribution is -0.0580. The Bertz CT molecular complexity index is 258. The summed E-state index contributed by atoms with van der Waals surface area (Å²) in [5.41, 5.74) is 0. The van der Waals surface area contributed by atoms with Gasteiger partial charge in [0.15, 0.2) is 0 Å². The maximum Gasteiger partial charge on any atom is 0.105 e. The molecule has 0 fully saturated rings. The summed E-state index contributed by atoms with van der Waals surface area (Å²) in [7, 11) is 0. The van der Waals surface area contributed by atoms with Crippen LogP contribution in [0.1, 0.15) is 72.6 Å². The van der Waals surface area contributed by atoms with Gasteiger partial charge in [-0.1, -0.05) is 66.2 Å². The first-order chi connectivity index (χ1) is 10.9.